The van der Waals surface area contributed by atoms with Gasteiger partial charge in [-0.2, -0.15) is 0 Å². The Balaban J connectivity index is 0.000000280. The van der Waals surface area contributed by atoms with Crippen LogP contribution >= 0.6 is 0 Å². The van der Waals surface area contributed by atoms with Crippen molar-refractivity contribution in [3.05, 3.63) is 60.7 Å². The van der Waals surface area contributed by atoms with Gasteiger partial charge in [-0.25, -0.2) is 0 Å². The van der Waals surface area contributed by atoms with E-state index in [0.717, 1.165) is 11.5 Å². The summed E-state index contributed by atoms with van der Waals surface area (Å²) in [6, 6.07) is 20.1. The molecule has 0 bridgehead atoms. The highest BCUT2D eigenvalue weighted by atomic mass is 19.5. The molecule has 18 heavy (non-hydrogen) atoms. The van der Waals surface area contributed by atoms with Gasteiger partial charge < -0.3 is 22.0 Å². The van der Waals surface area contributed by atoms with Gasteiger partial charge in [0.15, 0.2) is 0 Å². The molecule has 95 valence electrons. The molecule has 0 unspecified atom stereocenters. The summed E-state index contributed by atoms with van der Waals surface area (Å²) < 4.78 is 44.6. The fourth-order valence-electron chi connectivity index (χ4n) is 1.06. The van der Waals surface area contributed by atoms with Crippen molar-refractivity contribution in [3.8, 4) is 11.5 Å². The monoisotopic (exact) mass is 256 g/mol. The van der Waals surface area contributed by atoms with Crippen LogP contribution in [0.3, 0.4) is 0 Å². The largest absolute Gasteiger partial charge is 0.673 e. The first-order chi connectivity index (χ1) is 8.45. The number of rotatable bonds is 2. The topological polar surface area (TPSA) is 9.23 Å². The minimum absolute atomic E-state index is 0.838. The Morgan fingerprint density at radius 2 is 1.22 bits per heavy atom. The van der Waals surface area contributed by atoms with Crippen molar-refractivity contribution in [1.82, 2.24) is 0 Å². The molecule has 0 aliphatic carbocycles. The molecule has 0 fully saturated rings. The van der Waals surface area contributed by atoms with Crippen molar-refractivity contribution in [2.45, 2.75) is 0 Å². The normalized spacial score (nSPS) is 10.2. The first kappa shape index (κ1) is 14.1. The summed E-state index contributed by atoms with van der Waals surface area (Å²) in [5.41, 5.74) is 0. The quantitative estimate of drug-likeness (QED) is 0.564. The zero-order valence-electron chi connectivity index (χ0n) is 9.19. The Morgan fingerprint density at radius 3 is 1.72 bits per heavy atom. The Labute approximate surface area is 102 Å². The number of hydrogen-bond donors (Lipinski definition) is 0. The van der Waals surface area contributed by atoms with Crippen molar-refractivity contribution >= 4 is 7.25 Å². The number of hydrogen-bond acceptors (Lipinski definition) is 1. The molecule has 2 rings (SSSR count). The SMILES string of the molecule is F[B-](F)(F)F.[c]1ccc(Oc2ccccc2)cc1. The van der Waals surface area contributed by atoms with E-state index in [0.29, 0.717) is 0 Å². The maximum absolute atomic E-state index is 9.75. The maximum atomic E-state index is 9.75. The standard InChI is InChI=1S/C12H9O.BF4/c1-3-7-11(8-4-1)13-12-9-5-2-6-10-12;2-1(3,4)5/h1,3-10H;/q;-1. The summed E-state index contributed by atoms with van der Waals surface area (Å²) in [7, 11) is -6.00. The fourth-order valence-corrected chi connectivity index (χ4v) is 1.06. The molecule has 1 nitrogen and oxygen atoms in total. The molecule has 0 heterocycles. The van der Waals surface area contributed by atoms with E-state index in [1.165, 1.54) is 0 Å². The predicted molar refractivity (Wildman–Crippen MR) is 62.0 cm³/mol. The molecule has 0 spiro atoms. The lowest BCUT2D eigenvalue weighted by atomic mass is 10.3. The van der Waals surface area contributed by atoms with Crippen molar-refractivity contribution in [2.24, 2.45) is 0 Å². The minimum Gasteiger partial charge on any atom is -0.457 e. The molecule has 6 heteroatoms. The first-order valence-corrected chi connectivity index (χ1v) is 5.01. The summed E-state index contributed by atoms with van der Waals surface area (Å²) in [6.07, 6.45) is 0. The van der Waals surface area contributed by atoms with Crippen LogP contribution in [0.5, 0.6) is 11.5 Å². The van der Waals surface area contributed by atoms with E-state index in [9.17, 15) is 17.3 Å². The van der Waals surface area contributed by atoms with Crippen molar-refractivity contribution in [1.29, 1.82) is 0 Å². The summed E-state index contributed by atoms with van der Waals surface area (Å²) in [5, 5.41) is 0. The zero-order chi connectivity index (χ0) is 13.4. The molecule has 2 aromatic carbocycles. The predicted octanol–water partition coefficient (Wildman–Crippen LogP) is 4.58. The fraction of sp³-hybridized carbons (Fsp3) is 0. The van der Waals surface area contributed by atoms with Crippen LogP contribution < -0.4 is 4.74 Å². The molecule has 0 amide bonds. The lowest BCUT2D eigenvalue weighted by Crippen LogP contribution is -2.02. The van der Waals surface area contributed by atoms with E-state index in [1.807, 2.05) is 54.6 Å². The average Bonchev–Trinajstić information content (AvgIpc) is 2.29. The van der Waals surface area contributed by atoms with E-state index < -0.39 is 7.25 Å². The van der Waals surface area contributed by atoms with Gasteiger partial charge in [-0.15, -0.1) is 0 Å². The van der Waals surface area contributed by atoms with Crippen LogP contribution in [0.4, 0.5) is 17.3 Å². The molecule has 2 aromatic rings. The van der Waals surface area contributed by atoms with Crippen LogP contribution in [-0.4, -0.2) is 7.25 Å². The Hall–Kier alpha value is -1.98. The molecule has 0 saturated carbocycles. The third kappa shape index (κ3) is 7.32. The highest BCUT2D eigenvalue weighted by Crippen LogP contribution is 2.19. The minimum atomic E-state index is -6.00. The molecular formula is C12H9BF4O-. The van der Waals surface area contributed by atoms with Gasteiger partial charge in [0.1, 0.15) is 11.5 Å². The van der Waals surface area contributed by atoms with Gasteiger partial charge in [0.2, 0.25) is 0 Å². The lowest BCUT2D eigenvalue weighted by Gasteiger charge is -2.03. The first-order valence-electron chi connectivity index (χ1n) is 5.01. The third-order valence-electron chi connectivity index (χ3n) is 1.67. The van der Waals surface area contributed by atoms with E-state index in [2.05, 4.69) is 6.07 Å². The Kier molecular flexibility index (Phi) is 5.23. The number of para-hydroxylation sites is 1. The van der Waals surface area contributed by atoms with Gasteiger partial charge in [-0.05, 0) is 30.3 Å². The van der Waals surface area contributed by atoms with Gasteiger partial charge in [0, 0.05) is 0 Å². The van der Waals surface area contributed by atoms with E-state index >= 15 is 0 Å². The van der Waals surface area contributed by atoms with Gasteiger partial charge in [0.25, 0.3) is 0 Å². The van der Waals surface area contributed by atoms with Crippen molar-refractivity contribution < 1.29 is 22.0 Å². The summed E-state index contributed by atoms with van der Waals surface area (Å²) in [5.74, 6) is 1.69. The van der Waals surface area contributed by atoms with Crippen LogP contribution in [0.25, 0.3) is 0 Å². The number of ether oxygens (including phenoxy) is 1. The van der Waals surface area contributed by atoms with Gasteiger partial charge >= 0.3 is 7.25 Å². The van der Waals surface area contributed by atoms with Gasteiger partial charge in [-0.1, -0.05) is 30.3 Å². The average molecular weight is 256 g/mol. The second-order valence-electron chi connectivity index (χ2n) is 3.15. The summed E-state index contributed by atoms with van der Waals surface area (Å²) in [4.78, 5) is 0. The van der Waals surface area contributed by atoms with Crippen LogP contribution in [-0.2, 0) is 0 Å². The number of halogens is 4. The second-order valence-corrected chi connectivity index (χ2v) is 3.15. The Bertz CT molecular complexity index is 401. The van der Waals surface area contributed by atoms with Crippen LogP contribution in [0.2, 0.25) is 0 Å². The highest BCUT2D eigenvalue weighted by Gasteiger charge is 2.20. The van der Waals surface area contributed by atoms with Crippen molar-refractivity contribution in [2.75, 3.05) is 0 Å². The van der Waals surface area contributed by atoms with Crippen molar-refractivity contribution in [3.63, 3.8) is 0 Å². The number of benzene rings is 2. The summed E-state index contributed by atoms with van der Waals surface area (Å²) >= 11 is 0. The maximum Gasteiger partial charge on any atom is 0.673 e. The molecule has 0 N–H and O–H groups in total. The van der Waals surface area contributed by atoms with Crippen LogP contribution in [0, 0.1) is 6.07 Å². The zero-order valence-corrected chi connectivity index (χ0v) is 9.19. The second kappa shape index (κ2) is 6.69. The molecule has 0 aliphatic rings. The Morgan fingerprint density at radius 1 is 0.778 bits per heavy atom. The molecular weight excluding hydrogens is 247 g/mol. The van der Waals surface area contributed by atoms with Gasteiger partial charge in [0.05, 0.1) is 0 Å². The molecule has 0 aliphatic heterocycles. The lowest BCUT2D eigenvalue weighted by molar-refractivity contribution is 0.368. The summed E-state index contributed by atoms with van der Waals surface area (Å²) in [6.45, 7) is 0. The smallest absolute Gasteiger partial charge is 0.457 e. The van der Waals surface area contributed by atoms with E-state index in [4.69, 9.17) is 4.74 Å². The molecule has 0 saturated heterocycles. The van der Waals surface area contributed by atoms with Crippen LogP contribution in [0.15, 0.2) is 54.6 Å². The highest BCUT2D eigenvalue weighted by molar-refractivity contribution is 6.50. The molecule has 0 atom stereocenters. The van der Waals surface area contributed by atoms with Crippen LogP contribution in [0.1, 0.15) is 0 Å². The molecule has 1 radical (unpaired) electrons. The third-order valence-corrected chi connectivity index (χ3v) is 1.67. The van der Waals surface area contributed by atoms with E-state index in [1.54, 1.807) is 0 Å². The van der Waals surface area contributed by atoms with E-state index in [-0.39, 0.29) is 0 Å². The molecule has 0 aromatic heterocycles. The van der Waals surface area contributed by atoms with Gasteiger partial charge in [-0.3, -0.25) is 0 Å².